The first kappa shape index (κ1) is 23.9. The zero-order chi connectivity index (χ0) is 25.1. The molecule has 0 radical (unpaired) electrons. The molecule has 0 aliphatic carbocycles. The Morgan fingerprint density at radius 3 is 2.56 bits per heavy atom. The predicted molar refractivity (Wildman–Crippen MR) is 138 cm³/mol. The number of rotatable bonds is 8. The van der Waals surface area contributed by atoms with Crippen molar-refractivity contribution in [3.63, 3.8) is 0 Å². The van der Waals surface area contributed by atoms with Gasteiger partial charge >= 0.3 is 0 Å². The summed E-state index contributed by atoms with van der Waals surface area (Å²) in [4.78, 5) is 19.8. The van der Waals surface area contributed by atoms with Gasteiger partial charge in [-0.3, -0.25) is 4.79 Å². The second-order valence-corrected chi connectivity index (χ2v) is 10.8. The van der Waals surface area contributed by atoms with E-state index in [0.29, 0.717) is 29.6 Å². The standard InChI is InChI=1S/C25H22N6O3S2/c26-36(33,34)22-10-8-17(9-11-22)14-31-15-21(29-30-31)16-35-25-27-20(13-24(32)28-25)12-19-6-3-5-18-4-1-2-7-23(18)19/h1-11,13,15H,12,14,16H2,(H2,26,33,34)(H,27,28,32). The number of thioether (sulfide) groups is 1. The third-order valence-corrected chi connectivity index (χ3v) is 7.40. The molecule has 5 rings (SSSR count). The second kappa shape index (κ2) is 10.1. The summed E-state index contributed by atoms with van der Waals surface area (Å²) in [5, 5.41) is 16.3. The Morgan fingerprint density at radius 2 is 1.75 bits per heavy atom. The van der Waals surface area contributed by atoms with E-state index in [9.17, 15) is 13.2 Å². The molecule has 0 bridgehead atoms. The molecule has 0 unspecified atom stereocenters. The summed E-state index contributed by atoms with van der Waals surface area (Å²) >= 11 is 1.38. The number of nitrogens with zero attached hydrogens (tertiary/aromatic N) is 4. The van der Waals surface area contributed by atoms with Gasteiger partial charge in [0.05, 0.1) is 22.8 Å². The monoisotopic (exact) mass is 518 g/mol. The predicted octanol–water partition coefficient (Wildman–Crippen LogP) is 3.09. The second-order valence-electron chi connectivity index (χ2n) is 8.24. The number of benzene rings is 3. The molecule has 0 fully saturated rings. The molecular weight excluding hydrogens is 496 g/mol. The summed E-state index contributed by atoms with van der Waals surface area (Å²) in [6, 6.07) is 22.1. The Balaban J connectivity index is 1.25. The summed E-state index contributed by atoms with van der Waals surface area (Å²) in [6.07, 6.45) is 2.36. The summed E-state index contributed by atoms with van der Waals surface area (Å²) < 4.78 is 24.5. The van der Waals surface area contributed by atoms with Crippen molar-refractivity contribution in [1.29, 1.82) is 0 Å². The van der Waals surface area contributed by atoms with Crippen LogP contribution in [0, 0.1) is 0 Å². The summed E-state index contributed by atoms with van der Waals surface area (Å²) in [7, 11) is -3.72. The van der Waals surface area contributed by atoms with Crippen LogP contribution in [0.25, 0.3) is 10.8 Å². The van der Waals surface area contributed by atoms with E-state index in [1.165, 1.54) is 30.0 Å². The van der Waals surface area contributed by atoms with Gasteiger partial charge in [0, 0.05) is 24.4 Å². The first-order chi connectivity index (χ1) is 17.3. The number of nitrogens with two attached hydrogens (primary N) is 1. The maximum atomic E-state index is 12.3. The third-order valence-electron chi connectivity index (χ3n) is 5.56. The topological polar surface area (TPSA) is 137 Å². The molecule has 0 spiro atoms. The first-order valence-corrected chi connectivity index (χ1v) is 13.6. The minimum atomic E-state index is -3.72. The van der Waals surface area contributed by atoms with Gasteiger partial charge in [-0.2, -0.15) is 0 Å². The first-order valence-electron chi connectivity index (χ1n) is 11.0. The Kier molecular flexibility index (Phi) is 6.68. The van der Waals surface area contributed by atoms with Crippen LogP contribution in [0.2, 0.25) is 0 Å². The third kappa shape index (κ3) is 5.70. The van der Waals surface area contributed by atoms with Gasteiger partial charge in [-0.15, -0.1) is 5.10 Å². The van der Waals surface area contributed by atoms with E-state index < -0.39 is 10.0 Å². The number of fused-ring (bicyclic) bond motifs is 1. The van der Waals surface area contributed by atoms with Gasteiger partial charge in [0.25, 0.3) is 5.56 Å². The van der Waals surface area contributed by atoms with Crippen molar-refractivity contribution >= 4 is 32.6 Å². The number of aromatic nitrogens is 5. The molecule has 0 saturated carbocycles. The molecule has 3 aromatic carbocycles. The Morgan fingerprint density at radius 1 is 0.972 bits per heavy atom. The quantitative estimate of drug-likeness (QED) is 0.238. The molecule has 2 heterocycles. The van der Waals surface area contributed by atoms with Gasteiger partial charge in [0.1, 0.15) is 0 Å². The van der Waals surface area contributed by atoms with Crippen LogP contribution in [0.4, 0.5) is 0 Å². The average Bonchev–Trinajstić information content (AvgIpc) is 3.30. The molecule has 0 saturated heterocycles. The van der Waals surface area contributed by atoms with Crippen LogP contribution in [-0.4, -0.2) is 33.4 Å². The molecule has 3 N–H and O–H groups in total. The normalized spacial score (nSPS) is 11.7. The summed E-state index contributed by atoms with van der Waals surface area (Å²) in [5.41, 5.74) is 3.20. The molecule has 182 valence electrons. The molecule has 5 aromatic rings. The van der Waals surface area contributed by atoms with E-state index in [4.69, 9.17) is 5.14 Å². The number of hydrogen-bond donors (Lipinski definition) is 2. The highest BCUT2D eigenvalue weighted by Gasteiger charge is 2.10. The Hall–Kier alpha value is -3.80. The lowest BCUT2D eigenvalue weighted by atomic mass is 10.0. The van der Waals surface area contributed by atoms with Crippen molar-refractivity contribution in [3.05, 3.63) is 112 Å². The fourth-order valence-corrected chi connectivity index (χ4v) is 5.17. The maximum absolute atomic E-state index is 12.3. The number of hydrogen-bond acceptors (Lipinski definition) is 7. The smallest absolute Gasteiger partial charge is 0.251 e. The number of nitrogens with one attached hydrogen (secondary N) is 1. The van der Waals surface area contributed by atoms with Crippen molar-refractivity contribution < 1.29 is 8.42 Å². The fourth-order valence-electron chi connectivity index (χ4n) is 3.88. The van der Waals surface area contributed by atoms with Crippen LogP contribution in [0.5, 0.6) is 0 Å². The number of sulfonamides is 1. The van der Waals surface area contributed by atoms with Crippen molar-refractivity contribution in [2.75, 3.05) is 0 Å². The van der Waals surface area contributed by atoms with Crippen molar-refractivity contribution in [3.8, 4) is 0 Å². The van der Waals surface area contributed by atoms with Crippen LogP contribution in [-0.2, 0) is 28.7 Å². The minimum absolute atomic E-state index is 0.0612. The van der Waals surface area contributed by atoms with Crippen LogP contribution < -0.4 is 10.7 Å². The SMILES string of the molecule is NS(=O)(=O)c1ccc(Cn2cc(CSc3nc(Cc4cccc5ccccc45)cc(=O)[nH]3)nn2)cc1. The van der Waals surface area contributed by atoms with Gasteiger partial charge < -0.3 is 4.98 Å². The van der Waals surface area contributed by atoms with Crippen LogP contribution in [0.3, 0.4) is 0 Å². The van der Waals surface area contributed by atoms with Crippen LogP contribution in [0.15, 0.2) is 93.8 Å². The van der Waals surface area contributed by atoms with Gasteiger partial charge in [-0.05, 0) is 34.0 Å². The van der Waals surface area contributed by atoms with Crippen molar-refractivity contribution in [1.82, 2.24) is 25.0 Å². The maximum Gasteiger partial charge on any atom is 0.251 e. The molecule has 0 aliphatic rings. The molecule has 0 amide bonds. The van der Waals surface area contributed by atoms with E-state index in [1.807, 2.05) is 18.2 Å². The number of primary sulfonamides is 1. The minimum Gasteiger partial charge on any atom is -0.301 e. The number of H-pyrrole nitrogens is 1. The fraction of sp³-hybridized carbons (Fsp3) is 0.120. The molecular formula is C25H22N6O3S2. The zero-order valence-electron chi connectivity index (χ0n) is 19.0. The molecule has 9 nitrogen and oxygen atoms in total. The van der Waals surface area contributed by atoms with E-state index in [0.717, 1.165) is 27.6 Å². The summed E-state index contributed by atoms with van der Waals surface area (Å²) in [6.45, 7) is 0.429. The van der Waals surface area contributed by atoms with E-state index in [1.54, 1.807) is 23.0 Å². The van der Waals surface area contributed by atoms with Crippen molar-refractivity contribution in [2.24, 2.45) is 5.14 Å². The molecule has 36 heavy (non-hydrogen) atoms. The average molecular weight is 519 g/mol. The molecule has 2 aromatic heterocycles. The van der Waals surface area contributed by atoms with Gasteiger partial charge in [-0.1, -0.05) is 71.6 Å². The van der Waals surface area contributed by atoms with E-state index in [-0.39, 0.29) is 10.5 Å². The highest BCUT2D eigenvalue weighted by Crippen LogP contribution is 2.22. The molecule has 0 atom stereocenters. The van der Waals surface area contributed by atoms with Crippen LogP contribution in [0.1, 0.15) is 22.5 Å². The lowest BCUT2D eigenvalue weighted by Gasteiger charge is -2.07. The largest absolute Gasteiger partial charge is 0.301 e. The number of aromatic amines is 1. The van der Waals surface area contributed by atoms with Crippen molar-refractivity contribution in [2.45, 2.75) is 28.8 Å². The molecule has 11 heteroatoms. The van der Waals surface area contributed by atoms with E-state index >= 15 is 0 Å². The Bertz CT molecular complexity index is 1690. The lowest BCUT2D eigenvalue weighted by molar-refractivity contribution is 0.597. The Labute approximate surface area is 211 Å². The zero-order valence-corrected chi connectivity index (χ0v) is 20.7. The lowest BCUT2D eigenvalue weighted by Crippen LogP contribution is -2.12. The van der Waals surface area contributed by atoms with E-state index in [2.05, 4.69) is 44.5 Å². The summed E-state index contributed by atoms with van der Waals surface area (Å²) in [5.74, 6) is 0.477. The van der Waals surface area contributed by atoms with Gasteiger partial charge in [-0.25, -0.2) is 23.2 Å². The van der Waals surface area contributed by atoms with Gasteiger partial charge in [0.15, 0.2) is 5.16 Å². The van der Waals surface area contributed by atoms with Gasteiger partial charge in [0.2, 0.25) is 10.0 Å². The highest BCUT2D eigenvalue weighted by molar-refractivity contribution is 7.98. The molecule has 0 aliphatic heterocycles. The highest BCUT2D eigenvalue weighted by atomic mass is 32.2. The van der Waals surface area contributed by atoms with Crippen LogP contribution >= 0.6 is 11.8 Å².